The second-order valence-electron chi connectivity index (χ2n) is 8.13. The molecule has 166 valence electrons. The van der Waals surface area contributed by atoms with Gasteiger partial charge in [-0.25, -0.2) is 9.36 Å². The number of hydrogen-bond donors (Lipinski definition) is 0. The lowest BCUT2D eigenvalue weighted by atomic mass is 10.3. The molecule has 0 radical (unpaired) electrons. The maximum Gasteiger partial charge on any atom is 0.266 e. The lowest BCUT2D eigenvalue weighted by molar-refractivity contribution is 0.242. The van der Waals surface area contributed by atoms with Crippen LogP contribution in [-0.4, -0.2) is 77.0 Å². The molecule has 11 heteroatoms. The second kappa shape index (κ2) is 8.15. The maximum absolute atomic E-state index is 12.3. The first-order chi connectivity index (χ1) is 15.5. The highest BCUT2D eigenvalue weighted by atomic mass is 16.1. The Morgan fingerprint density at radius 1 is 0.844 bits per heavy atom. The fourth-order valence-corrected chi connectivity index (χ4v) is 4.06. The molecule has 0 aliphatic carbocycles. The molecule has 0 N–H and O–H groups in total. The van der Waals surface area contributed by atoms with E-state index < -0.39 is 0 Å². The Morgan fingerprint density at radius 2 is 1.62 bits per heavy atom. The Balaban J connectivity index is 1.22. The SMILES string of the molecule is Cc1cc(C)n(-c2ccc(=O)n(CCN3CCN(c4ccc5nnc(C)n5n4)CC3)n2)n1. The van der Waals surface area contributed by atoms with Gasteiger partial charge in [-0.1, -0.05) is 0 Å². The molecule has 1 aliphatic heterocycles. The van der Waals surface area contributed by atoms with Gasteiger partial charge in [-0.3, -0.25) is 9.69 Å². The van der Waals surface area contributed by atoms with E-state index in [2.05, 4.69) is 35.3 Å². The Labute approximate surface area is 184 Å². The monoisotopic (exact) mass is 434 g/mol. The number of hydrogen-bond acceptors (Lipinski definition) is 8. The summed E-state index contributed by atoms with van der Waals surface area (Å²) < 4.78 is 5.07. The van der Waals surface area contributed by atoms with Gasteiger partial charge < -0.3 is 4.90 Å². The van der Waals surface area contributed by atoms with Gasteiger partial charge in [0.2, 0.25) is 0 Å². The molecule has 32 heavy (non-hydrogen) atoms. The smallest absolute Gasteiger partial charge is 0.266 e. The average molecular weight is 435 g/mol. The molecule has 11 nitrogen and oxygen atoms in total. The topological polar surface area (TPSA) is 102 Å². The lowest BCUT2D eigenvalue weighted by Gasteiger charge is -2.35. The van der Waals surface area contributed by atoms with Crippen LogP contribution in [0.15, 0.2) is 35.1 Å². The van der Waals surface area contributed by atoms with Gasteiger partial charge in [0.1, 0.15) is 5.82 Å². The predicted molar refractivity (Wildman–Crippen MR) is 119 cm³/mol. The van der Waals surface area contributed by atoms with Crippen molar-refractivity contribution in [1.29, 1.82) is 0 Å². The van der Waals surface area contributed by atoms with Crippen molar-refractivity contribution >= 4 is 11.5 Å². The van der Waals surface area contributed by atoms with E-state index >= 15 is 0 Å². The molecule has 0 saturated carbocycles. The van der Waals surface area contributed by atoms with Gasteiger partial charge in [0.15, 0.2) is 17.3 Å². The Hall–Kier alpha value is -3.60. The molecule has 0 unspecified atom stereocenters. The third-order valence-corrected chi connectivity index (χ3v) is 5.81. The molecule has 5 rings (SSSR count). The zero-order valence-corrected chi connectivity index (χ0v) is 18.5. The number of aryl methyl sites for hydroxylation is 3. The van der Waals surface area contributed by atoms with Crippen molar-refractivity contribution in [3.8, 4) is 5.82 Å². The standard InChI is InChI=1S/C21H26N10O/c1-15-14-16(2)30(24-15)20-6-7-21(32)29(25-20)13-10-27-8-11-28(12-9-27)19-5-4-18-23-22-17(3)31(18)26-19/h4-7,14H,8-13H2,1-3H3. The summed E-state index contributed by atoms with van der Waals surface area (Å²) in [5.74, 6) is 2.36. The summed E-state index contributed by atoms with van der Waals surface area (Å²) in [6.45, 7) is 10.7. The summed E-state index contributed by atoms with van der Waals surface area (Å²) in [7, 11) is 0. The third kappa shape index (κ3) is 3.86. The molecular formula is C21H26N10O. The number of anilines is 1. The average Bonchev–Trinajstić information content (AvgIpc) is 3.34. The third-order valence-electron chi connectivity index (χ3n) is 5.81. The summed E-state index contributed by atoms with van der Waals surface area (Å²) in [6, 6.07) is 9.22. The zero-order valence-electron chi connectivity index (χ0n) is 18.5. The Kier molecular flexibility index (Phi) is 5.17. The van der Waals surface area contributed by atoms with Gasteiger partial charge in [0.05, 0.1) is 12.2 Å². The summed E-state index contributed by atoms with van der Waals surface area (Å²) in [5, 5.41) is 21.8. The van der Waals surface area contributed by atoms with E-state index in [1.807, 2.05) is 39.0 Å². The van der Waals surface area contributed by atoms with Crippen LogP contribution in [0.5, 0.6) is 0 Å². The van der Waals surface area contributed by atoms with Crippen LogP contribution >= 0.6 is 0 Å². The first-order valence-corrected chi connectivity index (χ1v) is 10.8. The molecular weight excluding hydrogens is 408 g/mol. The molecule has 1 fully saturated rings. The Bertz CT molecular complexity index is 1310. The van der Waals surface area contributed by atoms with E-state index in [0.29, 0.717) is 12.4 Å². The fraction of sp³-hybridized carbons (Fsp3) is 0.429. The van der Waals surface area contributed by atoms with Crippen LogP contribution in [0.3, 0.4) is 0 Å². The normalized spacial score (nSPS) is 15.0. The van der Waals surface area contributed by atoms with E-state index in [1.165, 1.54) is 4.68 Å². The highest BCUT2D eigenvalue weighted by Gasteiger charge is 2.19. The van der Waals surface area contributed by atoms with Gasteiger partial charge in [0, 0.05) is 44.5 Å². The maximum atomic E-state index is 12.3. The molecule has 0 atom stereocenters. The predicted octanol–water partition coefficient (Wildman–Crippen LogP) is 0.614. The quantitative estimate of drug-likeness (QED) is 0.450. The minimum Gasteiger partial charge on any atom is -0.353 e. The van der Waals surface area contributed by atoms with Crippen LogP contribution in [-0.2, 0) is 6.54 Å². The van der Waals surface area contributed by atoms with Gasteiger partial charge in [-0.15, -0.1) is 20.4 Å². The lowest BCUT2D eigenvalue weighted by Crippen LogP contribution is -2.48. The van der Waals surface area contributed by atoms with Crippen LogP contribution in [0.4, 0.5) is 5.82 Å². The fourth-order valence-electron chi connectivity index (χ4n) is 4.06. The largest absolute Gasteiger partial charge is 0.353 e. The number of fused-ring (bicyclic) bond motifs is 1. The Morgan fingerprint density at radius 3 is 2.38 bits per heavy atom. The number of nitrogens with zero attached hydrogens (tertiary/aromatic N) is 10. The summed E-state index contributed by atoms with van der Waals surface area (Å²) >= 11 is 0. The first kappa shape index (κ1) is 20.3. The highest BCUT2D eigenvalue weighted by Crippen LogP contribution is 2.15. The minimum atomic E-state index is -0.101. The molecule has 0 amide bonds. The molecule has 4 aromatic rings. The van der Waals surface area contributed by atoms with Crippen molar-refractivity contribution in [1.82, 2.24) is 44.3 Å². The van der Waals surface area contributed by atoms with Crippen LogP contribution in [0.2, 0.25) is 0 Å². The summed E-state index contributed by atoms with van der Waals surface area (Å²) in [5.41, 5.74) is 2.57. The molecule has 1 saturated heterocycles. The number of aromatic nitrogens is 8. The summed E-state index contributed by atoms with van der Waals surface area (Å²) in [6.07, 6.45) is 0. The highest BCUT2D eigenvalue weighted by molar-refractivity contribution is 5.46. The van der Waals surface area contributed by atoms with E-state index in [0.717, 1.165) is 61.4 Å². The van der Waals surface area contributed by atoms with Gasteiger partial charge in [-0.2, -0.15) is 9.61 Å². The molecule has 0 aromatic carbocycles. The zero-order chi connectivity index (χ0) is 22.2. The van der Waals surface area contributed by atoms with Gasteiger partial charge >= 0.3 is 0 Å². The van der Waals surface area contributed by atoms with E-state index in [4.69, 9.17) is 0 Å². The van der Waals surface area contributed by atoms with E-state index in [-0.39, 0.29) is 5.56 Å². The molecule has 0 bridgehead atoms. The molecule has 4 aromatic heterocycles. The van der Waals surface area contributed by atoms with Crippen molar-refractivity contribution < 1.29 is 0 Å². The van der Waals surface area contributed by atoms with Crippen LogP contribution in [0, 0.1) is 20.8 Å². The number of piperazine rings is 1. The van der Waals surface area contributed by atoms with Crippen molar-refractivity contribution in [3.05, 3.63) is 57.9 Å². The first-order valence-electron chi connectivity index (χ1n) is 10.8. The molecule has 0 spiro atoms. The van der Waals surface area contributed by atoms with Crippen LogP contribution in [0.25, 0.3) is 11.5 Å². The van der Waals surface area contributed by atoms with Gasteiger partial charge in [0.25, 0.3) is 5.56 Å². The van der Waals surface area contributed by atoms with Crippen molar-refractivity contribution in [2.24, 2.45) is 0 Å². The van der Waals surface area contributed by atoms with E-state index in [9.17, 15) is 4.79 Å². The van der Waals surface area contributed by atoms with Crippen molar-refractivity contribution in [2.45, 2.75) is 27.3 Å². The van der Waals surface area contributed by atoms with Gasteiger partial charge in [-0.05, 0) is 45.0 Å². The van der Waals surface area contributed by atoms with E-state index in [1.54, 1.807) is 21.3 Å². The minimum absolute atomic E-state index is 0.101. The molecule has 1 aliphatic rings. The van der Waals surface area contributed by atoms with Crippen molar-refractivity contribution in [2.75, 3.05) is 37.6 Å². The molecule has 5 heterocycles. The van der Waals surface area contributed by atoms with Crippen LogP contribution in [0.1, 0.15) is 17.2 Å². The number of rotatable bonds is 5. The second-order valence-corrected chi connectivity index (χ2v) is 8.13. The summed E-state index contributed by atoms with van der Waals surface area (Å²) in [4.78, 5) is 17.0. The van der Waals surface area contributed by atoms with Crippen LogP contribution < -0.4 is 10.5 Å². The van der Waals surface area contributed by atoms with Crippen molar-refractivity contribution in [3.63, 3.8) is 0 Å².